The molecule has 1 spiro atoms. The fourth-order valence-electron chi connectivity index (χ4n) is 7.89. The smallest absolute Gasteiger partial charge is 0.333 e. The zero-order valence-electron chi connectivity index (χ0n) is 22.1. The Kier molecular flexibility index (Phi) is 6.85. The van der Waals surface area contributed by atoms with E-state index in [0.29, 0.717) is 26.1 Å². The molecule has 2 bridgehead atoms. The Morgan fingerprint density at radius 3 is 2.49 bits per heavy atom. The lowest BCUT2D eigenvalue weighted by atomic mass is 9.60. The van der Waals surface area contributed by atoms with Crippen LogP contribution in [0.5, 0.6) is 0 Å². The summed E-state index contributed by atoms with van der Waals surface area (Å²) in [6.07, 6.45) is 4.14. The van der Waals surface area contributed by atoms with E-state index in [1.165, 1.54) is 12.1 Å². The molecule has 37 heavy (non-hydrogen) atoms. The topological polar surface area (TPSA) is 108 Å². The molecule has 1 aromatic carbocycles. The van der Waals surface area contributed by atoms with Crippen molar-refractivity contribution in [2.24, 2.45) is 22.7 Å². The number of esters is 1. The van der Waals surface area contributed by atoms with Crippen LogP contribution in [-0.2, 0) is 33.3 Å². The van der Waals surface area contributed by atoms with Crippen LogP contribution in [0.15, 0.2) is 40.8 Å². The molecule has 0 aromatic heterocycles. The average molecular weight is 535 g/mol. The van der Waals surface area contributed by atoms with Crippen molar-refractivity contribution in [3.05, 3.63) is 41.5 Å². The third-order valence-corrected chi connectivity index (χ3v) is 10.9. The van der Waals surface area contributed by atoms with Gasteiger partial charge in [-0.15, -0.1) is 0 Å². The van der Waals surface area contributed by atoms with Crippen LogP contribution in [0.3, 0.4) is 0 Å². The summed E-state index contributed by atoms with van der Waals surface area (Å²) in [7, 11) is -4.11. The lowest BCUT2D eigenvalue weighted by molar-refractivity contribution is -0.235. The minimum atomic E-state index is -4.11. The summed E-state index contributed by atoms with van der Waals surface area (Å²) in [6, 6.07) is 6.25. The van der Waals surface area contributed by atoms with E-state index in [-0.39, 0.29) is 22.1 Å². The van der Waals surface area contributed by atoms with E-state index in [9.17, 15) is 18.3 Å². The van der Waals surface area contributed by atoms with E-state index in [1.807, 2.05) is 19.9 Å². The first-order valence-corrected chi connectivity index (χ1v) is 14.6. The van der Waals surface area contributed by atoms with Crippen molar-refractivity contribution >= 4 is 16.1 Å². The molecular formula is C28H38O8S. The summed E-state index contributed by atoms with van der Waals surface area (Å²) >= 11 is 0. The molecule has 1 heterocycles. The molecule has 5 rings (SSSR count). The zero-order valence-corrected chi connectivity index (χ0v) is 22.9. The Morgan fingerprint density at radius 1 is 1.16 bits per heavy atom. The second-order valence-electron chi connectivity index (χ2n) is 11.6. The highest BCUT2D eigenvalue weighted by Crippen LogP contribution is 2.73. The Bertz CT molecular complexity index is 1170. The molecule has 0 radical (unpaired) electrons. The van der Waals surface area contributed by atoms with Crippen LogP contribution in [0, 0.1) is 29.6 Å². The van der Waals surface area contributed by atoms with Crippen LogP contribution in [0.2, 0.25) is 0 Å². The molecule has 8 nitrogen and oxygen atoms in total. The maximum Gasteiger partial charge on any atom is 0.333 e. The van der Waals surface area contributed by atoms with Gasteiger partial charge in [-0.1, -0.05) is 37.6 Å². The van der Waals surface area contributed by atoms with Crippen molar-refractivity contribution in [2.45, 2.75) is 82.7 Å². The van der Waals surface area contributed by atoms with Gasteiger partial charge in [0.2, 0.25) is 0 Å². The molecule has 9 heteroatoms. The van der Waals surface area contributed by atoms with Gasteiger partial charge in [-0.3, -0.25) is 4.18 Å². The number of aliphatic hydroxyl groups is 1. The van der Waals surface area contributed by atoms with Gasteiger partial charge in [-0.25, -0.2) is 4.79 Å². The first-order chi connectivity index (χ1) is 17.5. The summed E-state index contributed by atoms with van der Waals surface area (Å²) in [6.45, 7) is 8.39. The summed E-state index contributed by atoms with van der Waals surface area (Å²) in [5.74, 6) is -1.39. The van der Waals surface area contributed by atoms with E-state index in [4.69, 9.17) is 18.4 Å². The molecule has 1 aliphatic heterocycles. The van der Waals surface area contributed by atoms with Gasteiger partial charge in [-0.2, -0.15) is 8.42 Å². The second-order valence-corrected chi connectivity index (χ2v) is 13.2. The first kappa shape index (κ1) is 26.8. The van der Waals surface area contributed by atoms with Crippen molar-refractivity contribution in [1.29, 1.82) is 0 Å². The average Bonchev–Trinajstić information content (AvgIpc) is 3.50. The van der Waals surface area contributed by atoms with Crippen molar-refractivity contribution in [2.75, 3.05) is 19.8 Å². The normalized spacial score (nSPS) is 37.9. The summed E-state index contributed by atoms with van der Waals surface area (Å²) in [5.41, 5.74) is 1.06. The van der Waals surface area contributed by atoms with E-state index in [2.05, 4.69) is 13.8 Å². The summed E-state index contributed by atoms with van der Waals surface area (Å²) < 4.78 is 49.0. The fourth-order valence-corrected chi connectivity index (χ4v) is 8.75. The van der Waals surface area contributed by atoms with Crippen molar-refractivity contribution in [1.82, 2.24) is 0 Å². The number of aryl methyl sites for hydroxylation is 1. The largest absolute Gasteiger partial charge is 0.460 e. The van der Waals surface area contributed by atoms with Gasteiger partial charge >= 0.3 is 5.97 Å². The van der Waals surface area contributed by atoms with Crippen LogP contribution in [0.25, 0.3) is 0 Å². The monoisotopic (exact) mass is 534 g/mol. The van der Waals surface area contributed by atoms with Gasteiger partial charge in [-0.05, 0) is 62.1 Å². The molecule has 1 N–H and O–H groups in total. The van der Waals surface area contributed by atoms with E-state index < -0.39 is 46.1 Å². The molecule has 204 valence electrons. The molecule has 4 fully saturated rings. The molecule has 0 unspecified atom stereocenters. The predicted octanol–water partition coefficient (Wildman–Crippen LogP) is 3.90. The van der Waals surface area contributed by atoms with Gasteiger partial charge in [0, 0.05) is 24.2 Å². The van der Waals surface area contributed by atoms with Gasteiger partial charge < -0.3 is 19.3 Å². The lowest BCUT2D eigenvalue weighted by Gasteiger charge is -2.50. The minimum Gasteiger partial charge on any atom is -0.460 e. The number of benzene rings is 1. The minimum absolute atomic E-state index is 0.0132. The number of ether oxygens (including phenoxy) is 3. The molecule has 0 amide bonds. The number of carbonyl (C=O) groups excluding carboxylic acids is 1. The lowest BCUT2D eigenvalue weighted by Crippen LogP contribution is -2.55. The van der Waals surface area contributed by atoms with Gasteiger partial charge in [0.05, 0.1) is 24.2 Å². The first-order valence-electron chi connectivity index (χ1n) is 13.2. The highest BCUT2D eigenvalue weighted by Gasteiger charge is 2.74. The van der Waals surface area contributed by atoms with E-state index in [0.717, 1.165) is 30.4 Å². The molecule has 1 saturated heterocycles. The third kappa shape index (κ3) is 4.36. The summed E-state index contributed by atoms with van der Waals surface area (Å²) in [4.78, 5) is 13.1. The number of aliphatic hydroxyl groups excluding tert-OH is 1. The van der Waals surface area contributed by atoms with Crippen molar-refractivity contribution < 1.29 is 36.7 Å². The van der Waals surface area contributed by atoms with Crippen molar-refractivity contribution in [3.63, 3.8) is 0 Å². The third-order valence-electron chi connectivity index (χ3n) is 9.63. The van der Waals surface area contributed by atoms with Crippen LogP contribution >= 0.6 is 0 Å². The van der Waals surface area contributed by atoms with E-state index in [1.54, 1.807) is 12.1 Å². The van der Waals surface area contributed by atoms with Crippen LogP contribution < -0.4 is 0 Å². The fraction of sp³-hybridized carbons (Fsp3) is 0.679. The maximum absolute atomic E-state index is 13.1. The number of rotatable bonds is 5. The Labute approximate surface area is 219 Å². The second kappa shape index (κ2) is 9.45. The molecule has 6 atom stereocenters. The molecule has 1 aromatic rings. The van der Waals surface area contributed by atoms with Crippen LogP contribution in [0.4, 0.5) is 0 Å². The van der Waals surface area contributed by atoms with Gasteiger partial charge in [0.25, 0.3) is 10.1 Å². The Balaban J connectivity index is 1.42. The number of hydrogen-bond donors (Lipinski definition) is 1. The van der Waals surface area contributed by atoms with Crippen LogP contribution in [-0.4, -0.2) is 57.3 Å². The van der Waals surface area contributed by atoms with Crippen LogP contribution in [0.1, 0.15) is 58.4 Å². The van der Waals surface area contributed by atoms with Gasteiger partial charge in [0.15, 0.2) is 12.4 Å². The highest BCUT2D eigenvalue weighted by molar-refractivity contribution is 7.86. The van der Waals surface area contributed by atoms with Crippen molar-refractivity contribution in [3.8, 4) is 0 Å². The number of carbonyl (C=O) groups is 1. The Morgan fingerprint density at radius 2 is 1.84 bits per heavy atom. The quantitative estimate of drug-likeness (QED) is 0.344. The maximum atomic E-state index is 13.1. The number of allylic oxidation sites excluding steroid dienone is 1. The molecule has 3 aliphatic carbocycles. The predicted molar refractivity (Wildman–Crippen MR) is 135 cm³/mol. The van der Waals surface area contributed by atoms with Gasteiger partial charge in [0.1, 0.15) is 6.10 Å². The van der Waals surface area contributed by atoms with E-state index >= 15 is 0 Å². The SMILES string of the molecule is C/C=C1\C[C@H](OC(=O)COS(=O)(=O)c2ccc(C)cc2)[C@]2(C)[C@H](C)C[C@]3(CCC4(OCCO4)[C@H]32)C[C@H]1O. The molecule has 4 aliphatic rings. The standard InChI is InChI=1S/C28H38O8S/c1-5-20-14-23(36-24(30)17-35-37(31,32)21-8-6-18(2)7-9-21)26(4)19(3)15-27(16-22(20)29)10-11-28(25(26)27)33-12-13-34-28/h5-9,19,22-23,25,29H,10-17H2,1-4H3/b20-5+/t19-,22-,23+,25+,26+,27-/m1/s1. The number of hydrogen-bond acceptors (Lipinski definition) is 8. The highest BCUT2D eigenvalue weighted by atomic mass is 32.2. The Hall–Kier alpha value is -1.78. The zero-order chi connectivity index (χ0) is 26.6. The molecular weight excluding hydrogens is 496 g/mol. The summed E-state index contributed by atoms with van der Waals surface area (Å²) in [5, 5.41) is 11.3. The molecule has 3 saturated carbocycles.